The molecule has 3 saturated heterocycles. The summed E-state index contributed by atoms with van der Waals surface area (Å²) in [6, 6.07) is 0. The summed E-state index contributed by atoms with van der Waals surface area (Å²) in [5.41, 5.74) is -3.45. The molecule has 0 N–H and O–H groups in total. The quantitative estimate of drug-likeness (QED) is 0.0808. The zero-order valence-corrected chi connectivity index (χ0v) is 48.2. The van der Waals surface area contributed by atoms with Gasteiger partial charge in [-0.1, -0.05) is 0 Å². The van der Waals surface area contributed by atoms with Crippen molar-refractivity contribution in [2.24, 2.45) is 0 Å². The van der Waals surface area contributed by atoms with Crippen LogP contribution in [0.4, 0.5) is 0 Å². The second-order valence-electron chi connectivity index (χ2n) is 17.7. The van der Waals surface area contributed by atoms with E-state index >= 15 is 0 Å². The van der Waals surface area contributed by atoms with Gasteiger partial charge in [0.05, 0.1) is 0 Å². The number of ether oxygens (including phenoxy) is 15. The van der Waals surface area contributed by atoms with Crippen molar-refractivity contribution in [2.75, 3.05) is 56.7 Å². The Morgan fingerprint density at radius 2 is 0.481 bits per heavy atom. The molecule has 446 valence electrons. The first-order valence-corrected chi connectivity index (χ1v) is 27.7. The highest BCUT2D eigenvalue weighted by Gasteiger charge is 2.55. The van der Waals surface area contributed by atoms with Gasteiger partial charge in [0.2, 0.25) is 0 Å². The van der Waals surface area contributed by atoms with Crippen LogP contribution in [0.3, 0.4) is 0 Å². The number of hydrogen-bond acceptors (Lipinski definition) is 31. The Morgan fingerprint density at radius 1 is 0.291 bits per heavy atom. The summed E-state index contributed by atoms with van der Waals surface area (Å²) in [4.78, 5) is 150. The van der Waals surface area contributed by atoms with Crippen LogP contribution >= 0.6 is 35.3 Å². The summed E-state index contributed by atoms with van der Waals surface area (Å²) in [6.07, 6.45) is -16.4. The van der Waals surface area contributed by atoms with Crippen LogP contribution in [0.15, 0.2) is 0 Å². The second-order valence-corrected chi connectivity index (χ2v) is 21.3. The molecule has 0 aromatic carbocycles. The first-order chi connectivity index (χ1) is 37.1. The third-order valence-electron chi connectivity index (χ3n) is 10.9. The molecule has 3 heterocycles. The third-order valence-corrected chi connectivity index (χ3v) is 14.3. The molecule has 79 heavy (non-hydrogen) atoms. The molecule has 3 aliphatic rings. The van der Waals surface area contributed by atoms with E-state index in [1.807, 2.05) is 4.90 Å². The Bertz CT molecular complexity index is 1930. The average molecular weight is 1190 g/mol. The maximum Gasteiger partial charge on any atom is 0.303 e. The maximum absolute atomic E-state index is 12.6. The lowest BCUT2D eigenvalue weighted by Gasteiger charge is -2.44. The van der Waals surface area contributed by atoms with Gasteiger partial charge in [-0.25, -0.2) is 0 Å². The van der Waals surface area contributed by atoms with E-state index in [4.69, 9.17) is 71.1 Å². The molecule has 0 unspecified atom stereocenters. The van der Waals surface area contributed by atoms with Gasteiger partial charge < -0.3 is 76.0 Å². The Hall–Kier alpha value is -5.47. The number of carbonyl (C=O) groups excluding carboxylic acids is 12. The molecule has 3 aliphatic heterocycles. The summed E-state index contributed by atoms with van der Waals surface area (Å²) >= 11 is 3.26. The van der Waals surface area contributed by atoms with Crippen molar-refractivity contribution in [3.05, 3.63) is 0 Å². The van der Waals surface area contributed by atoms with Crippen LogP contribution < -0.4 is 0 Å². The monoisotopic (exact) mass is 1190 g/mol. The highest BCUT2D eigenvalue weighted by Crippen LogP contribution is 2.38. The standard InChI is InChI=1S/C48H69NO27S3/c1-22(50)62-19-34-37(65-25(4)53)40(68-28(7)56)43(71-31(10)59)46(74-34)77-16-13-49(14-17-78-47-44(72-32(11)60)41(69-29(8)57)38(66-26(5)54)35(75-47)20-63-23(2)51)15-18-79-48-45(73-33(12)61)42(70-30(9)58)39(67-27(6)55)36(76-48)21-64-24(3)52/h34-48H,13-21H2,1-12H3/t34-,35-,36-,37-,38-,39-,40+,41+,42+,43+,44+,45+,46-,47-,48-/m1/s1. The largest absolute Gasteiger partial charge is 0.463 e. The van der Waals surface area contributed by atoms with Crippen LogP contribution in [-0.4, -0.2) is 223 Å². The van der Waals surface area contributed by atoms with E-state index in [1.165, 1.54) is 0 Å². The lowest BCUT2D eigenvalue weighted by molar-refractivity contribution is -0.237. The smallest absolute Gasteiger partial charge is 0.303 e. The number of esters is 12. The van der Waals surface area contributed by atoms with Crippen molar-refractivity contribution in [1.29, 1.82) is 0 Å². The van der Waals surface area contributed by atoms with Crippen LogP contribution in [0.1, 0.15) is 83.1 Å². The maximum atomic E-state index is 12.6. The normalized spacial score (nSPS) is 28.3. The van der Waals surface area contributed by atoms with Crippen molar-refractivity contribution in [3.63, 3.8) is 0 Å². The SMILES string of the molecule is CC(=O)OC[C@H]1O[C@H](SCCN(CCS[C@H]2O[C@H](COC(C)=O)[C@@H](OC(C)=O)[C@H](OC(C)=O)[C@@H]2OC(C)=O)CCS[C@H]2O[C@H](COC(C)=O)[C@@H](OC(C)=O)[C@H](OC(C)=O)[C@@H]2OC(C)=O)[C@@H](OC(C)=O)[C@@H](OC(C)=O)[C@@H]1OC(C)=O. The minimum atomic E-state index is -1.44. The third kappa shape index (κ3) is 23.6. The zero-order chi connectivity index (χ0) is 59.3. The average Bonchev–Trinajstić information content (AvgIpc) is 3.30. The van der Waals surface area contributed by atoms with E-state index in [1.54, 1.807) is 0 Å². The summed E-state index contributed by atoms with van der Waals surface area (Å²) in [7, 11) is 0. The molecule has 3 rings (SSSR count). The van der Waals surface area contributed by atoms with Gasteiger partial charge in [0.1, 0.15) is 54.4 Å². The lowest BCUT2D eigenvalue weighted by Crippen LogP contribution is -2.61. The number of thioether (sulfide) groups is 3. The van der Waals surface area contributed by atoms with Crippen molar-refractivity contribution in [3.8, 4) is 0 Å². The van der Waals surface area contributed by atoms with Crippen LogP contribution in [0, 0.1) is 0 Å². The van der Waals surface area contributed by atoms with Crippen molar-refractivity contribution in [1.82, 2.24) is 4.90 Å². The fraction of sp³-hybridized carbons (Fsp3) is 0.750. The van der Waals surface area contributed by atoms with Gasteiger partial charge in [0, 0.05) is 120 Å². The van der Waals surface area contributed by atoms with Gasteiger partial charge in [-0.15, -0.1) is 35.3 Å². The summed E-state index contributed by atoms with van der Waals surface area (Å²) in [5.74, 6) is -9.06. The molecule has 3 fully saturated rings. The minimum Gasteiger partial charge on any atom is -0.463 e. The fourth-order valence-corrected chi connectivity index (χ4v) is 11.8. The molecular weight excluding hydrogens is 1120 g/mol. The van der Waals surface area contributed by atoms with Crippen molar-refractivity contribution >= 4 is 107 Å². The Kier molecular flexibility index (Phi) is 28.6. The molecule has 0 amide bonds. The number of hydrogen-bond donors (Lipinski definition) is 0. The van der Waals surface area contributed by atoms with Crippen LogP contribution in [0.2, 0.25) is 0 Å². The van der Waals surface area contributed by atoms with E-state index in [0.717, 1.165) is 118 Å². The molecular formula is C48H69NO27S3. The van der Waals surface area contributed by atoms with Gasteiger partial charge in [0.15, 0.2) is 54.9 Å². The molecule has 15 atom stereocenters. The molecule has 0 spiro atoms. The van der Waals surface area contributed by atoms with Gasteiger partial charge in [-0.3, -0.25) is 57.5 Å². The molecule has 31 heteroatoms. The van der Waals surface area contributed by atoms with Gasteiger partial charge in [-0.05, 0) is 0 Å². The van der Waals surface area contributed by atoms with Gasteiger partial charge in [0.25, 0.3) is 0 Å². The number of carbonyl (C=O) groups is 12. The fourth-order valence-electron chi connectivity index (χ4n) is 8.20. The van der Waals surface area contributed by atoms with E-state index < -0.39 is 181 Å². The minimum absolute atomic E-state index is 0.140. The van der Waals surface area contributed by atoms with Gasteiger partial charge in [-0.2, -0.15) is 0 Å². The van der Waals surface area contributed by atoms with Gasteiger partial charge >= 0.3 is 71.6 Å². The highest BCUT2D eigenvalue weighted by molar-refractivity contribution is 8.00. The van der Waals surface area contributed by atoms with Crippen molar-refractivity contribution < 1.29 is 129 Å². The first kappa shape index (κ1) is 67.8. The first-order valence-electron chi connectivity index (χ1n) is 24.5. The zero-order valence-electron chi connectivity index (χ0n) is 45.7. The van der Waals surface area contributed by atoms with E-state index in [2.05, 4.69) is 0 Å². The van der Waals surface area contributed by atoms with Crippen LogP contribution in [0.5, 0.6) is 0 Å². The van der Waals surface area contributed by atoms with Crippen molar-refractivity contribution in [2.45, 2.75) is 173 Å². The Balaban J connectivity index is 2.07. The van der Waals surface area contributed by atoms with E-state index in [-0.39, 0.29) is 36.9 Å². The van der Waals surface area contributed by atoms with E-state index in [0.29, 0.717) is 0 Å². The highest BCUT2D eigenvalue weighted by atomic mass is 32.2. The molecule has 0 aliphatic carbocycles. The molecule has 0 aromatic heterocycles. The second kappa shape index (κ2) is 33.3. The summed E-state index contributed by atoms with van der Waals surface area (Å²) in [6.45, 7) is 12.4. The summed E-state index contributed by atoms with van der Waals surface area (Å²) < 4.78 is 84.8. The molecule has 0 radical (unpaired) electrons. The lowest BCUT2D eigenvalue weighted by atomic mass is 9.99. The Labute approximate surface area is 468 Å². The number of rotatable bonds is 27. The summed E-state index contributed by atoms with van der Waals surface area (Å²) in [5, 5.41) is 0. The van der Waals surface area contributed by atoms with Crippen LogP contribution in [0.25, 0.3) is 0 Å². The predicted molar refractivity (Wildman–Crippen MR) is 270 cm³/mol. The molecule has 0 bridgehead atoms. The molecule has 0 aromatic rings. The molecule has 28 nitrogen and oxygen atoms in total. The topological polar surface area (TPSA) is 347 Å². The number of nitrogens with zero attached hydrogens (tertiary/aromatic N) is 1. The van der Waals surface area contributed by atoms with E-state index in [9.17, 15) is 57.5 Å². The predicted octanol–water partition coefficient (Wildman–Crippen LogP) is 0.737. The Morgan fingerprint density at radius 3 is 0.671 bits per heavy atom. The van der Waals surface area contributed by atoms with Crippen LogP contribution in [-0.2, 0) is 129 Å². The molecule has 0 saturated carbocycles.